The van der Waals surface area contributed by atoms with Gasteiger partial charge in [-0.25, -0.2) is 4.98 Å². The van der Waals surface area contributed by atoms with Gasteiger partial charge in [0.05, 0.1) is 10.7 Å². The molecule has 1 aromatic heterocycles. The summed E-state index contributed by atoms with van der Waals surface area (Å²) in [7, 11) is 0. The van der Waals surface area contributed by atoms with E-state index in [1.54, 1.807) is 17.4 Å². The first-order valence-electron chi connectivity index (χ1n) is 4.26. The maximum Gasteiger partial charge on any atom is 0.0901 e. The van der Waals surface area contributed by atoms with E-state index in [-0.39, 0.29) is 0 Å². The van der Waals surface area contributed by atoms with E-state index in [0.29, 0.717) is 5.03 Å². The highest BCUT2D eigenvalue weighted by Crippen LogP contribution is 2.26. The molecule has 0 saturated heterocycles. The molecule has 0 aliphatic carbocycles. The van der Waals surface area contributed by atoms with E-state index < -0.39 is 0 Å². The van der Waals surface area contributed by atoms with E-state index >= 15 is 0 Å². The first-order chi connectivity index (χ1) is 6.69. The average molecular weight is 226 g/mol. The van der Waals surface area contributed by atoms with E-state index in [1.807, 2.05) is 31.4 Å². The van der Waals surface area contributed by atoms with Crippen molar-refractivity contribution in [1.82, 2.24) is 4.98 Å². The molecule has 0 aliphatic rings. The third-order valence-electron chi connectivity index (χ3n) is 1.69. The van der Waals surface area contributed by atoms with E-state index in [1.165, 1.54) is 0 Å². The number of nitrogens with zero attached hydrogens (tertiary/aromatic N) is 1. The smallest absolute Gasteiger partial charge is 0.0901 e. The molecule has 0 saturated carbocycles. The minimum atomic E-state index is 0.704. The molecule has 0 bridgehead atoms. The highest BCUT2D eigenvalue weighted by molar-refractivity contribution is 7.09. The summed E-state index contributed by atoms with van der Waals surface area (Å²) in [6.07, 6.45) is 5.44. The third kappa shape index (κ3) is 2.56. The topological polar surface area (TPSA) is 12.9 Å². The van der Waals surface area contributed by atoms with E-state index in [9.17, 15) is 0 Å². The van der Waals surface area contributed by atoms with Gasteiger partial charge in [0, 0.05) is 16.0 Å². The number of thiazole rings is 1. The van der Waals surface area contributed by atoms with Crippen LogP contribution in [0.15, 0.2) is 35.2 Å². The summed E-state index contributed by atoms with van der Waals surface area (Å²) in [5.41, 5.74) is 1.84. The van der Waals surface area contributed by atoms with Crippen LogP contribution in [0.2, 0.25) is 0 Å². The fraction of sp³-hybridized carbons (Fsp3) is 0.182. The molecular weight excluding hydrogens is 214 g/mol. The van der Waals surface area contributed by atoms with E-state index in [4.69, 9.17) is 11.6 Å². The molecule has 1 rings (SSSR count). The quantitative estimate of drug-likeness (QED) is 0.704. The van der Waals surface area contributed by atoms with Crippen molar-refractivity contribution in [2.45, 2.75) is 13.8 Å². The minimum absolute atomic E-state index is 0.704. The molecule has 1 nitrogen and oxygen atoms in total. The van der Waals surface area contributed by atoms with Crippen LogP contribution in [-0.2, 0) is 0 Å². The number of hydrogen-bond donors (Lipinski definition) is 0. The monoisotopic (exact) mass is 225 g/mol. The Labute approximate surface area is 93.4 Å². The van der Waals surface area contributed by atoms with E-state index in [0.717, 1.165) is 16.3 Å². The molecule has 0 unspecified atom stereocenters. The van der Waals surface area contributed by atoms with Crippen LogP contribution in [0.25, 0.3) is 5.57 Å². The first kappa shape index (κ1) is 11.2. The average Bonchev–Trinajstić information content (AvgIpc) is 2.60. The molecule has 0 atom stereocenters. The first-order valence-corrected chi connectivity index (χ1v) is 5.52. The van der Waals surface area contributed by atoms with Crippen molar-refractivity contribution in [2.75, 3.05) is 0 Å². The Morgan fingerprint density at radius 2 is 2.36 bits per heavy atom. The van der Waals surface area contributed by atoms with Gasteiger partial charge in [-0.15, -0.1) is 11.3 Å². The Bertz CT molecular complexity index is 388. The summed E-state index contributed by atoms with van der Waals surface area (Å²) >= 11 is 7.68. The lowest BCUT2D eigenvalue weighted by atomic mass is 10.1. The standard InChI is InChI=1S/C11H12ClNS/c1-4-6-9(10(12)5-2)11-7-14-8(3)13-11/h4-7H,1H2,2-3H3/b9-6+,10-5+. The Kier molecular flexibility index (Phi) is 4.11. The van der Waals surface area contributed by atoms with Gasteiger partial charge in [-0.05, 0) is 13.8 Å². The zero-order valence-corrected chi connectivity index (χ0v) is 9.82. The summed E-state index contributed by atoms with van der Waals surface area (Å²) in [5.74, 6) is 0. The van der Waals surface area contributed by atoms with Crippen LogP contribution in [0.1, 0.15) is 17.6 Å². The van der Waals surface area contributed by atoms with Gasteiger partial charge >= 0.3 is 0 Å². The number of hydrogen-bond acceptors (Lipinski definition) is 2. The van der Waals surface area contributed by atoms with Gasteiger partial charge in [0.15, 0.2) is 0 Å². The minimum Gasteiger partial charge on any atom is -0.241 e. The Morgan fingerprint density at radius 1 is 1.64 bits per heavy atom. The van der Waals surface area contributed by atoms with E-state index in [2.05, 4.69) is 11.6 Å². The zero-order chi connectivity index (χ0) is 10.6. The van der Waals surface area contributed by atoms with Crippen LogP contribution in [0.4, 0.5) is 0 Å². The van der Waals surface area contributed by atoms with Crippen molar-refractivity contribution in [3.8, 4) is 0 Å². The fourth-order valence-corrected chi connectivity index (χ4v) is 1.82. The molecule has 1 aromatic rings. The molecule has 0 spiro atoms. The van der Waals surface area contributed by atoms with Crippen LogP contribution in [0.3, 0.4) is 0 Å². The van der Waals surface area contributed by atoms with Gasteiger partial charge in [0.2, 0.25) is 0 Å². The summed E-state index contributed by atoms with van der Waals surface area (Å²) in [6.45, 7) is 7.54. The van der Waals surface area contributed by atoms with Gasteiger partial charge in [-0.2, -0.15) is 0 Å². The molecular formula is C11H12ClNS. The molecule has 0 aromatic carbocycles. The summed E-state index contributed by atoms with van der Waals surface area (Å²) in [6, 6.07) is 0. The van der Waals surface area contributed by atoms with Crippen molar-refractivity contribution in [2.24, 2.45) is 0 Å². The largest absolute Gasteiger partial charge is 0.241 e. The maximum absolute atomic E-state index is 6.06. The number of halogens is 1. The molecule has 0 fully saturated rings. The lowest BCUT2D eigenvalue weighted by Crippen LogP contribution is -1.85. The van der Waals surface area contributed by atoms with Gasteiger partial charge in [0.25, 0.3) is 0 Å². The Hall–Kier alpha value is -0.860. The molecule has 3 heteroatoms. The van der Waals surface area contributed by atoms with Crippen molar-refractivity contribution in [1.29, 1.82) is 0 Å². The molecule has 0 N–H and O–H groups in total. The van der Waals surface area contributed by atoms with Gasteiger partial charge < -0.3 is 0 Å². The maximum atomic E-state index is 6.06. The molecule has 0 amide bonds. The van der Waals surface area contributed by atoms with Crippen LogP contribution in [0, 0.1) is 6.92 Å². The fourth-order valence-electron chi connectivity index (χ4n) is 1.05. The predicted octanol–water partition coefficient (Wildman–Crippen LogP) is 4.16. The second kappa shape index (κ2) is 5.13. The summed E-state index contributed by atoms with van der Waals surface area (Å²) in [5, 5.41) is 3.74. The summed E-state index contributed by atoms with van der Waals surface area (Å²) < 4.78 is 0. The highest BCUT2D eigenvalue weighted by atomic mass is 35.5. The molecule has 1 heterocycles. The van der Waals surface area contributed by atoms with Crippen molar-refractivity contribution in [3.05, 3.63) is 45.9 Å². The Morgan fingerprint density at radius 3 is 2.79 bits per heavy atom. The molecule has 0 aliphatic heterocycles. The second-order valence-corrected chi connectivity index (χ2v) is 4.17. The van der Waals surface area contributed by atoms with Crippen molar-refractivity contribution < 1.29 is 0 Å². The number of aromatic nitrogens is 1. The number of allylic oxidation sites excluding steroid dienone is 5. The summed E-state index contributed by atoms with van der Waals surface area (Å²) in [4.78, 5) is 4.38. The van der Waals surface area contributed by atoms with Crippen molar-refractivity contribution in [3.63, 3.8) is 0 Å². The molecule has 14 heavy (non-hydrogen) atoms. The normalized spacial score (nSPS) is 13.1. The predicted molar refractivity (Wildman–Crippen MR) is 64.6 cm³/mol. The zero-order valence-electron chi connectivity index (χ0n) is 8.25. The van der Waals surface area contributed by atoms with Gasteiger partial charge in [-0.1, -0.05) is 36.4 Å². The van der Waals surface area contributed by atoms with Crippen molar-refractivity contribution >= 4 is 28.5 Å². The number of aryl methyl sites for hydroxylation is 1. The van der Waals surface area contributed by atoms with Crippen LogP contribution in [0.5, 0.6) is 0 Å². The third-order valence-corrected chi connectivity index (χ3v) is 2.89. The van der Waals surface area contributed by atoms with Crippen LogP contribution >= 0.6 is 22.9 Å². The lowest BCUT2D eigenvalue weighted by molar-refractivity contribution is 1.26. The second-order valence-electron chi connectivity index (χ2n) is 2.70. The number of rotatable bonds is 3. The van der Waals surface area contributed by atoms with Gasteiger partial charge in [0.1, 0.15) is 0 Å². The Balaban J connectivity index is 3.13. The van der Waals surface area contributed by atoms with Crippen LogP contribution < -0.4 is 0 Å². The molecule has 0 radical (unpaired) electrons. The van der Waals surface area contributed by atoms with Crippen LogP contribution in [-0.4, -0.2) is 4.98 Å². The highest BCUT2D eigenvalue weighted by Gasteiger charge is 2.07. The lowest BCUT2D eigenvalue weighted by Gasteiger charge is -2.00. The van der Waals surface area contributed by atoms with Gasteiger partial charge in [-0.3, -0.25) is 0 Å². The molecule has 74 valence electrons. The SMILES string of the molecule is C=C/C=C(\C(Cl)=C/C)c1csc(C)n1.